The van der Waals surface area contributed by atoms with Crippen molar-refractivity contribution in [2.45, 2.75) is 24.5 Å². The third-order valence-corrected chi connectivity index (χ3v) is 10.6. The second-order valence-corrected chi connectivity index (χ2v) is 14.2. The molecule has 2 aromatic heterocycles. The minimum absolute atomic E-state index is 0.186. The van der Waals surface area contributed by atoms with Gasteiger partial charge in [0.2, 0.25) is 0 Å². The normalized spacial score (nSPS) is 17.9. The Morgan fingerprint density at radius 2 is 1.73 bits per heavy atom. The van der Waals surface area contributed by atoms with E-state index < -0.39 is 24.3 Å². The Kier molecular flexibility index (Phi) is 9.29. The van der Waals surface area contributed by atoms with Gasteiger partial charge in [0.15, 0.2) is 0 Å². The van der Waals surface area contributed by atoms with Gasteiger partial charge in [-0.25, -0.2) is 0 Å². The molecule has 2 heterocycles. The van der Waals surface area contributed by atoms with E-state index in [-0.39, 0.29) is 12.2 Å². The van der Waals surface area contributed by atoms with Crippen LogP contribution >= 0.6 is 0 Å². The Balaban J connectivity index is 0.000000278. The fraction of sp³-hybridized carbons (Fsp3) is 0.138. The summed E-state index contributed by atoms with van der Waals surface area (Å²) in [6.45, 7) is 2.82. The van der Waals surface area contributed by atoms with E-state index in [1.54, 1.807) is 43.7 Å². The van der Waals surface area contributed by atoms with Crippen LogP contribution in [0.15, 0.2) is 104 Å². The van der Waals surface area contributed by atoms with E-state index in [1.807, 2.05) is 60.2 Å². The molecule has 1 aliphatic rings. The minimum Gasteiger partial charge on any atom is -0.285 e. The van der Waals surface area contributed by atoms with Crippen molar-refractivity contribution >= 4 is 31.2 Å². The Bertz CT molecular complexity index is 1530. The molecule has 0 aliphatic heterocycles. The molecule has 206 valence electrons. The van der Waals surface area contributed by atoms with Gasteiger partial charge in [0.25, 0.3) is 0 Å². The molecule has 2 atom stereocenters. The first-order valence-corrected chi connectivity index (χ1v) is 15.5. The van der Waals surface area contributed by atoms with E-state index in [0.29, 0.717) is 0 Å². The number of H-pyrrole nitrogens is 1. The number of pyridine rings is 1. The fourth-order valence-electron chi connectivity index (χ4n) is 4.17. The first-order chi connectivity index (χ1) is 19.2. The van der Waals surface area contributed by atoms with Crippen LogP contribution in [0.5, 0.6) is 0 Å². The van der Waals surface area contributed by atoms with Crippen LogP contribution < -0.4 is 5.48 Å². The number of hydroxylamine groups is 1. The molecule has 1 aliphatic carbocycles. The average molecular weight is 606 g/mol. The van der Waals surface area contributed by atoms with Gasteiger partial charge in [0.1, 0.15) is 0 Å². The van der Waals surface area contributed by atoms with Gasteiger partial charge < -0.3 is 0 Å². The number of amides is 1. The van der Waals surface area contributed by atoms with Crippen LogP contribution in [0.2, 0.25) is 4.20 Å². The molecule has 0 spiro atoms. The van der Waals surface area contributed by atoms with Crippen LogP contribution in [0.3, 0.4) is 0 Å². The molecular weight excluding hydrogens is 578 g/mol. The van der Waals surface area contributed by atoms with Crippen molar-refractivity contribution in [3.8, 4) is 11.1 Å². The third kappa shape index (κ3) is 6.91. The monoisotopic (exact) mass is 606 g/mol. The SMILES string of the molecule is CC(=O)NO[As](=O)(OO)C1(C)C=C(c2ccccc2)C=C(c2ccc(F)cc2)C1.c1cc(-c2cn[nH]c2)ccn1. The summed E-state index contributed by atoms with van der Waals surface area (Å²) in [6.07, 6.45) is 11.0. The molecule has 1 amide bonds. The number of aromatic nitrogens is 3. The van der Waals surface area contributed by atoms with Gasteiger partial charge in [-0.15, -0.1) is 0 Å². The number of rotatable bonds is 7. The zero-order valence-electron chi connectivity index (χ0n) is 21.8. The summed E-state index contributed by atoms with van der Waals surface area (Å²) in [7, 11) is 0. The molecular formula is C29H28AsFN4O5. The van der Waals surface area contributed by atoms with Crippen LogP contribution in [-0.4, -0.2) is 40.5 Å². The molecule has 4 aromatic rings. The molecule has 0 saturated carbocycles. The quantitative estimate of drug-likeness (QED) is 0.137. The molecule has 3 N–H and O–H groups in total. The largest absolute Gasteiger partial charge is 0.285 e. The summed E-state index contributed by atoms with van der Waals surface area (Å²) < 4.78 is 35.0. The van der Waals surface area contributed by atoms with Gasteiger partial charge in [0, 0.05) is 24.2 Å². The van der Waals surface area contributed by atoms with Crippen molar-refractivity contribution in [2.24, 2.45) is 0 Å². The first kappa shape index (κ1) is 28.9. The predicted octanol–water partition coefficient (Wildman–Crippen LogP) is 5.86. The van der Waals surface area contributed by atoms with Crippen LogP contribution in [0.4, 0.5) is 4.39 Å². The number of carbonyl (C=O) groups is 1. The molecule has 0 radical (unpaired) electrons. The second-order valence-electron chi connectivity index (χ2n) is 9.23. The zero-order valence-corrected chi connectivity index (χ0v) is 23.7. The number of hydrogen-bond acceptors (Lipinski definition) is 7. The molecule has 9 nitrogen and oxygen atoms in total. The molecule has 0 saturated heterocycles. The van der Waals surface area contributed by atoms with Crippen LogP contribution in [0.1, 0.15) is 31.4 Å². The van der Waals surface area contributed by atoms with Gasteiger partial charge in [0.05, 0.1) is 6.20 Å². The van der Waals surface area contributed by atoms with Crippen molar-refractivity contribution < 1.29 is 25.9 Å². The summed E-state index contributed by atoms with van der Waals surface area (Å²) in [4.78, 5) is 15.2. The maximum atomic E-state index is 13.4. The van der Waals surface area contributed by atoms with E-state index in [2.05, 4.69) is 19.1 Å². The number of nitrogens with zero attached hydrogens (tertiary/aromatic N) is 2. The maximum Gasteiger partial charge on any atom is 0.0565 e. The Morgan fingerprint density at radius 3 is 2.33 bits per heavy atom. The van der Waals surface area contributed by atoms with Gasteiger partial charge in [-0.2, -0.15) is 5.10 Å². The van der Waals surface area contributed by atoms with Gasteiger partial charge in [-0.1, -0.05) is 0 Å². The van der Waals surface area contributed by atoms with Crippen LogP contribution in [0, 0.1) is 5.82 Å². The Labute approximate surface area is 233 Å². The summed E-state index contributed by atoms with van der Waals surface area (Å²) in [5.41, 5.74) is 7.34. The van der Waals surface area contributed by atoms with Crippen molar-refractivity contribution in [1.29, 1.82) is 0 Å². The maximum absolute atomic E-state index is 13.4. The summed E-state index contributed by atoms with van der Waals surface area (Å²) in [5.74, 6) is -0.946. The van der Waals surface area contributed by atoms with Crippen molar-refractivity contribution in [3.63, 3.8) is 0 Å². The number of allylic oxidation sites excluding steroid dienone is 4. The van der Waals surface area contributed by atoms with Gasteiger partial charge in [-0.3, -0.25) is 10.1 Å². The number of aromatic amines is 1. The van der Waals surface area contributed by atoms with Crippen molar-refractivity contribution in [1.82, 2.24) is 20.7 Å². The van der Waals surface area contributed by atoms with E-state index >= 15 is 0 Å². The molecule has 5 rings (SSSR count). The van der Waals surface area contributed by atoms with Crippen LogP contribution in [-0.2, 0) is 16.2 Å². The molecule has 11 heteroatoms. The number of halogens is 1. The number of nitrogens with one attached hydrogen (secondary N) is 2. The summed E-state index contributed by atoms with van der Waals surface area (Å²) in [6, 6.07) is 19.2. The Morgan fingerprint density at radius 1 is 1.02 bits per heavy atom. The molecule has 0 fully saturated rings. The van der Waals surface area contributed by atoms with E-state index in [0.717, 1.165) is 33.4 Å². The van der Waals surface area contributed by atoms with Gasteiger partial charge in [-0.05, 0) is 17.7 Å². The van der Waals surface area contributed by atoms with Crippen LogP contribution in [0.25, 0.3) is 22.3 Å². The first-order valence-electron chi connectivity index (χ1n) is 12.3. The third-order valence-electron chi connectivity index (χ3n) is 6.22. The molecule has 2 unspecified atom stereocenters. The molecule has 40 heavy (non-hydrogen) atoms. The minimum atomic E-state index is -5.01. The predicted molar refractivity (Wildman–Crippen MR) is 149 cm³/mol. The second kappa shape index (κ2) is 12.8. The van der Waals surface area contributed by atoms with E-state index in [4.69, 9.17) is 3.83 Å². The van der Waals surface area contributed by atoms with Crippen molar-refractivity contribution in [3.05, 3.63) is 121 Å². The Hall–Kier alpha value is -4.08. The molecule has 0 bridgehead atoms. The smallest absolute Gasteiger partial charge is 0.0565 e. The fourth-order valence-corrected chi connectivity index (χ4v) is 6.97. The summed E-state index contributed by atoms with van der Waals surface area (Å²) in [5, 5.41) is 16.1. The van der Waals surface area contributed by atoms with E-state index in [9.17, 15) is 18.2 Å². The number of hydrogen-bond donors (Lipinski definition) is 3. The summed E-state index contributed by atoms with van der Waals surface area (Å²) >= 11 is -5.01. The average Bonchev–Trinajstić information content (AvgIpc) is 3.52. The molecule has 2 aromatic carbocycles. The topological polar surface area (TPSA) is 126 Å². The van der Waals surface area contributed by atoms with Gasteiger partial charge >= 0.3 is 171 Å². The zero-order chi connectivity index (χ0) is 28.6. The van der Waals surface area contributed by atoms with E-state index in [1.165, 1.54) is 19.1 Å². The standard InChI is InChI=1S/C21H21AsFNO5.C8H7N3/c1-15(25)24-28-22(26,29-27)21(2)13-18(16-6-4-3-5-7-16)12-19(14-21)17-8-10-20(23)11-9-17;1-3-9-4-2-7(1)8-5-10-11-6-8/h3-13,27H,14H2,1-2H3,(H,24,25);1-6H,(H,10,11). The number of carbonyl (C=O) groups excluding carboxylic acids is 1. The van der Waals surface area contributed by atoms with Crippen molar-refractivity contribution in [2.75, 3.05) is 0 Å². The number of benzene rings is 2.